The second kappa shape index (κ2) is 10.6. The number of nitrogens with zero attached hydrogens (tertiary/aromatic N) is 1. The van der Waals surface area contributed by atoms with Gasteiger partial charge in [-0.1, -0.05) is 26.0 Å². The Balaban J connectivity index is 1.89. The molecule has 1 atom stereocenters. The predicted molar refractivity (Wildman–Crippen MR) is 107 cm³/mol. The van der Waals surface area contributed by atoms with Crippen LogP contribution in [0.4, 0.5) is 0 Å². The lowest BCUT2D eigenvalue weighted by molar-refractivity contribution is -0.121. The van der Waals surface area contributed by atoms with Gasteiger partial charge < -0.3 is 14.8 Å². The van der Waals surface area contributed by atoms with Gasteiger partial charge in [0.25, 0.3) is 0 Å². The first kappa shape index (κ1) is 20.7. The van der Waals surface area contributed by atoms with Crippen LogP contribution in [0.1, 0.15) is 43.7 Å². The first-order valence-electron chi connectivity index (χ1n) is 9.42. The zero-order valence-electron chi connectivity index (χ0n) is 16.7. The second-order valence-electron chi connectivity index (χ2n) is 6.98. The molecule has 0 fully saturated rings. The van der Waals surface area contributed by atoms with Crippen molar-refractivity contribution in [3.05, 3.63) is 53.9 Å². The lowest BCUT2D eigenvalue weighted by atomic mass is 9.88. The number of aryl methyl sites for hydroxylation is 1. The van der Waals surface area contributed by atoms with Gasteiger partial charge in [-0.15, -0.1) is 0 Å². The minimum absolute atomic E-state index is 0.0880. The Bertz CT molecular complexity index is 717. The van der Waals surface area contributed by atoms with Gasteiger partial charge in [-0.2, -0.15) is 0 Å². The fraction of sp³-hybridized carbons (Fsp3) is 0.455. The molecule has 1 unspecified atom stereocenters. The molecule has 0 aliphatic rings. The molecule has 27 heavy (non-hydrogen) atoms. The Hall–Kier alpha value is -2.56. The maximum atomic E-state index is 12.2. The zero-order chi connectivity index (χ0) is 19.6. The van der Waals surface area contributed by atoms with Crippen molar-refractivity contribution in [3.8, 4) is 11.5 Å². The third-order valence-electron chi connectivity index (χ3n) is 4.75. The fourth-order valence-electron chi connectivity index (χ4n) is 3.13. The van der Waals surface area contributed by atoms with E-state index in [-0.39, 0.29) is 11.8 Å². The van der Waals surface area contributed by atoms with Crippen molar-refractivity contribution in [2.75, 3.05) is 20.8 Å². The molecule has 1 aromatic heterocycles. The highest BCUT2D eigenvalue weighted by atomic mass is 16.5. The summed E-state index contributed by atoms with van der Waals surface area (Å²) < 4.78 is 10.7. The molecule has 2 aromatic rings. The Morgan fingerprint density at radius 1 is 1.15 bits per heavy atom. The normalized spacial score (nSPS) is 11.9. The number of aromatic nitrogens is 1. The largest absolute Gasteiger partial charge is 0.493 e. The van der Waals surface area contributed by atoms with Crippen LogP contribution in [0.25, 0.3) is 0 Å². The summed E-state index contributed by atoms with van der Waals surface area (Å²) in [5.41, 5.74) is 2.30. The van der Waals surface area contributed by atoms with E-state index in [9.17, 15) is 4.79 Å². The number of benzene rings is 1. The van der Waals surface area contributed by atoms with Crippen LogP contribution in [-0.2, 0) is 11.2 Å². The second-order valence-corrected chi connectivity index (χ2v) is 6.98. The number of pyridine rings is 1. The van der Waals surface area contributed by atoms with Gasteiger partial charge >= 0.3 is 0 Å². The van der Waals surface area contributed by atoms with E-state index in [0.717, 1.165) is 24.0 Å². The Morgan fingerprint density at radius 3 is 2.56 bits per heavy atom. The van der Waals surface area contributed by atoms with Gasteiger partial charge in [0.2, 0.25) is 5.91 Å². The number of rotatable bonds is 10. The van der Waals surface area contributed by atoms with E-state index in [1.165, 1.54) is 0 Å². The topological polar surface area (TPSA) is 60.5 Å². The third kappa shape index (κ3) is 6.27. The molecule has 1 amide bonds. The van der Waals surface area contributed by atoms with E-state index in [4.69, 9.17) is 9.47 Å². The van der Waals surface area contributed by atoms with Crippen LogP contribution in [0.15, 0.2) is 42.7 Å². The summed E-state index contributed by atoms with van der Waals surface area (Å²) in [5, 5.41) is 3.09. The Morgan fingerprint density at radius 2 is 1.93 bits per heavy atom. The molecule has 1 heterocycles. The number of ether oxygens (including phenoxy) is 2. The van der Waals surface area contributed by atoms with Crippen molar-refractivity contribution < 1.29 is 14.3 Å². The van der Waals surface area contributed by atoms with Crippen LogP contribution in [-0.4, -0.2) is 31.7 Å². The van der Waals surface area contributed by atoms with Crippen molar-refractivity contribution in [2.24, 2.45) is 5.92 Å². The van der Waals surface area contributed by atoms with Gasteiger partial charge in [-0.3, -0.25) is 9.78 Å². The van der Waals surface area contributed by atoms with Crippen LogP contribution < -0.4 is 14.8 Å². The number of amides is 1. The minimum atomic E-state index is 0.0880. The fourth-order valence-corrected chi connectivity index (χ4v) is 3.13. The molecule has 0 saturated carbocycles. The van der Waals surface area contributed by atoms with E-state index in [1.54, 1.807) is 20.4 Å². The number of nitrogens with one attached hydrogen (secondary N) is 1. The van der Waals surface area contributed by atoms with Gasteiger partial charge in [0.15, 0.2) is 11.5 Å². The van der Waals surface area contributed by atoms with E-state index < -0.39 is 0 Å². The predicted octanol–water partition coefficient (Wildman–Crippen LogP) is 3.98. The average Bonchev–Trinajstić information content (AvgIpc) is 2.68. The van der Waals surface area contributed by atoms with E-state index >= 15 is 0 Å². The lowest BCUT2D eigenvalue weighted by Crippen LogP contribution is -2.30. The molecular formula is C22H30N2O3. The number of hydrogen-bond donors (Lipinski definition) is 1. The lowest BCUT2D eigenvalue weighted by Gasteiger charge is -2.23. The van der Waals surface area contributed by atoms with Crippen LogP contribution in [0.5, 0.6) is 11.5 Å². The summed E-state index contributed by atoms with van der Waals surface area (Å²) in [5.74, 6) is 2.11. The van der Waals surface area contributed by atoms with Crippen molar-refractivity contribution in [2.45, 2.75) is 39.0 Å². The standard InChI is InChI=1S/C22H30N2O3/c1-16(2)19(18-10-11-20(26-3)21(13-18)27-4)15-24-22(25)9-5-7-17-8-6-12-23-14-17/h6,8,10-14,16,19H,5,7,9,15H2,1-4H3,(H,24,25). The minimum Gasteiger partial charge on any atom is -0.493 e. The maximum absolute atomic E-state index is 12.2. The molecule has 0 radical (unpaired) electrons. The summed E-state index contributed by atoms with van der Waals surface area (Å²) in [6.07, 6.45) is 5.82. The van der Waals surface area contributed by atoms with E-state index in [1.807, 2.05) is 36.5 Å². The summed E-state index contributed by atoms with van der Waals surface area (Å²) >= 11 is 0. The number of carbonyl (C=O) groups is 1. The molecular weight excluding hydrogens is 340 g/mol. The highest BCUT2D eigenvalue weighted by molar-refractivity contribution is 5.75. The third-order valence-corrected chi connectivity index (χ3v) is 4.75. The molecule has 5 heteroatoms. The summed E-state index contributed by atoms with van der Waals surface area (Å²) in [6.45, 7) is 4.94. The summed E-state index contributed by atoms with van der Waals surface area (Å²) in [4.78, 5) is 16.3. The molecule has 0 spiro atoms. The van der Waals surface area contributed by atoms with Crippen LogP contribution in [0, 0.1) is 5.92 Å². The first-order chi connectivity index (χ1) is 13.0. The molecule has 0 aliphatic carbocycles. The Kier molecular flexibility index (Phi) is 8.11. The average molecular weight is 370 g/mol. The monoisotopic (exact) mass is 370 g/mol. The molecule has 0 saturated heterocycles. The molecule has 146 valence electrons. The highest BCUT2D eigenvalue weighted by Gasteiger charge is 2.19. The molecule has 2 rings (SSSR count). The number of carbonyl (C=O) groups excluding carboxylic acids is 1. The van der Waals surface area contributed by atoms with Gasteiger partial charge in [0.1, 0.15) is 0 Å². The molecule has 1 aromatic carbocycles. The molecule has 5 nitrogen and oxygen atoms in total. The van der Waals surface area contributed by atoms with Crippen molar-refractivity contribution >= 4 is 5.91 Å². The SMILES string of the molecule is COc1ccc(C(CNC(=O)CCCc2cccnc2)C(C)C)cc1OC. The molecule has 0 bridgehead atoms. The van der Waals surface area contributed by atoms with Gasteiger partial charge in [0.05, 0.1) is 14.2 Å². The van der Waals surface area contributed by atoms with E-state index in [0.29, 0.717) is 30.4 Å². The molecule has 0 aliphatic heterocycles. The van der Waals surface area contributed by atoms with Crippen molar-refractivity contribution in [3.63, 3.8) is 0 Å². The zero-order valence-corrected chi connectivity index (χ0v) is 16.7. The summed E-state index contributed by atoms with van der Waals surface area (Å²) in [7, 11) is 3.26. The smallest absolute Gasteiger partial charge is 0.220 e. The first-order valence-corrected chi connectivity index (χ1v) is 9.42. The molecule has 1 N–H and O–H groups in total. The Labute approximate surface area is 162 Å². The van der Waals surface area contributed by atoms with Crippen LogP contribution >= 0.6 is 0 Å². The van der Waals surface area contributed by atoms with Gasteiger partial charge in [0, 0.05) is 31.3 Å². The number of methoxy groups -OCH3 is 2. The summed E-state index contributed by atoms with van der Waals surface area (Å²) in [6, 6.07) is 9.92. The van der Waals surface area contributed by atoms with E-state index in [2.05, 4.69) is 24.1 Å². The van der Waals surface area contributed by atoms with Gasteiger partial charge in [-0.25, -0.2) is 0 Å². The van der Waals surface area contributed by atoms with Gasteiger partial charge in [-0.05, 0) is 48.1 Å². The number of hydrogen-bond acceptors (Lipinski definition) is 4. The van der Waals surface area contributed by atoms with Crippen LogP contribution in [0.3, 0.4) is 0 Å². The van der Waals surface area contributed by atoms with Crippen molar-refractivity contribution in [1.82, 2.24) is 10.3 Å². The quantitative estimate of drug-likeness (QED) is 0.687. The van der Waals surface area contributed by atoms with Crippen LogP contribution in [0.2, 0.25) is 0 Å². The highest BCUT2D eigenvalue weighted by Crippen LogP contribution is 2.33. The maximum Gasteiger partial charge on any atom is 0.220 e. The van der Waals surface area contributed by atoms with Crippen molar-refractivity contribution in [1.29, 1.82) is 0 Å².